The number of ether oxygens (including phenoxy) is 1. The Bertz CT molecular complexity index is 882. The normalized spacial score (nSPS) is 10.5. The molecule has 0 spiro atoms. The van der Waals surface area contributed by atoms with Gasteiger partial charge >= 0.3 is 5.97 Å². The summed E-state index contributed by atoms with van der Waals surface area (Å²) in [5.41, 5.74) is 2.30. The van der Waals surface area contributed by atoms with Gasteiger partial charge in [0, 0.05) is 17.7 Å². The molecule has 0 saturated carbocycles. The summed E-state index contributed by atoms with van der Waals surface area (Å²) < 4.78 is 7.47. The predicted molar refractivity (Wildman–Crippen MR) is 101 cm³/mol. The van der Waals surface area contributed by atoms with Gasteiger partial charge in [-0.1, -0.05) is 42.1 Å². The van der Waals surface area contributed by atoms with Gasteiger partial charge in [0.1, 0.15) is 6.61 Å². The summed E-state index contributed by atoms with van der Waals surface area (Å²) in [7, 11) is 0. The molecular formula is C19H16N2O2S2. The molecule has 25 heavy (non-hydrogen) atoms. The highest BCUT2D eigenvalue weighted by Crippen LogP contribution is 2.29. The smallest absolute Gasteiger partial charge is 0.306 e. The molecule has 0 aliphatic heterocycles. The van der Waals surface area contributed by atoms with Gasteiger partial charge < -0.3 is 4.74 Å². The monoisotopic (exact) mass is 368 g/mol. The van der Waals surface area contributed by atoms with Crippen LogP contribution in [0.3, 0.4) is 0 Å². The minimum absolute atomic E-state index is 0.146. The lowest BCUT2D eigenvalue weighted by Gasteiger charge is -2.06. The molecule has 1 heterocycles. The number of thiazole rings is 1. The van der Waals surface area contributed by atoms with Gasteiger partial charge in [-0.2, -0.15) is 5.26 Å². The summed E-state index contributed by atoms with van der Waals surface area (Å²) in [4.78, 5) is 16.4. The largest absolute Gasteiger partial charge is 0.461 e. The van der Waals surface area contributed by atoms with Gasteiger partial charge in [-0.15, -0.1) is 11.3 Å². The van der Waals surface area contributed by atoms with Crippen LogP contribution in [0.25, 0.3) is 10.2 Å². The number of rotatable bonds is 7. The molecule has 126 valence electrons. The van der Waals surface area contributed by atoms with Crippen molar-refractivity contribution < 1.29 is 9.53 Å². The highest BCUT2D eigenvalue weighted by atomic mass is 32.2. The number of hydrogen-bond acceptors (Lipinski definition) is 6. The molecule has 0 N–H and O–H groups in total. The number of nitrogens with zero attached hydrogens (tertiary/aromatic N) is 2. The number of carbonyl (C=O) groups excluding carboxylic acids is 1. The minimum Gasteiger partial charge on any atom is -0.461 e. The number of nitriles is 1. The number of aromatic nitrogens is 1. The molecule has 0 aliphatic carbocycles. The Morgan fingerprint density at radius 3 is 2.84 bits per heavy atom. The van der Waals surface area contributed by atoms with Gasteiger partial charge in [-0.05, 0) is 24.6 Å². The molecule has 3 aromatic rings. The molecule has 4 nitrogen and oxygen atoms in total. The maximum absolute atomic E-state index is 11.8. The van der Waals surface area contributed by atoms with Gasteiger partial charge in [0.15, 0.2) is 4.34 Å². The first kappa shape index (κ1) is 17.5. The fraction of sp³-hybridized carbons (Fsp3) is 0.211. The van der Waals surface area contributed by atoms with Crippen molar-refractivity contribution in [1.82, 2.24) is 4.98 Å². The van der Waals surface area contributed by atoms with Crippen molar-refractivity contribution in [2.45, 2.75) is 23.8 Å². The van der Waals surface area contributed by atoms with Crippen molar-refractivity contribution in [2.24, 2.45) is 0 Å². The van der Waals surface area contributed by atoms with E-state index in [9.17, 15) is 4.79 Å². The molecule has 0 atom stereocenters. The average molecular weight is 368 g/mol. The van der Waals surface area contributed by atoms with Crippen LogP contribution in [0.4, 0.5) is 0 Å². The third-order valence-electron chi connectivity index (χ3n) is 3.55. The summed E-state index contributed by atoms with van der Waals surface area (Å²) >= 11 is 3.34. The Labute approximate surface area is 154 Å². The van der Waals surface area contributed by atoms with E-state index in [0.29, 0.717) is 12.0 Å². The fourth-order valence-corrected chi connectivity index (χ4v) is 4.35. The van der Waals surface area contributed by atoms with Crippen LogP contribution in [0, 0.1) is 11.3 Å². The average Bonchev–Trinajstić information content (AvgIpc) is 3.06. The summed E-state index contributed by atoms with van der Waals surface area (Å²) in [6.45, 7) is 0.146. The molecule has 6 heteroatoms. The van der Waals surface area contributed by atoms with Gasteiger partial charge in [-0.3, -0.25) is 4.79 Å². The Kier molecular flexibility index (Phi) is 6.04. The number of thioether (sulfide) groups is 1. The quantitative estimate of drug-likeness (QED) is 0.341. The number of esters is 1. The lowest BCUT2D eigenvalue weighted by Crippen LogP contribution is -2.05. The highest BCUT2D eigenvalue weighted by Gasteiger charge is 2.08. The number of carbonyl (C=O) groups is 1. The van der Waals surface area contributed by atoms with Crippen LogP contribution >= 0.6 is 23.1 Å². The first-order valence-electron chi connectivity index (χ1n) is 7.88. The molecular weight excluding hydrogens is 352 g/mol. The molecule has 0 aliphatic rings. The molecule has 1 aromatic heterocycles. The lowest BCUT2D eigenvalue weighted by molar-refractivity contribution is -0.144. The first-order chi connectivity index (χ1) is 12.3. The molecule has 0 saturated heterocycles. The maximum atomic E-state index is 11.8. The Morgan fingerprint density at radius 1 is 1.20 bits per heavy atom. The zero-order chi connectivity index (χ0) is 17.5. The van der Waals surface area contributed by atoms with Gasteiger partial charge in [0.05, 0.1) is 21.8 Å². The van der Waals surface area contributed by atoms with E-state index in [-0.39, 0.29) is 12.6 Å². The molecule has 0 bridgehead atoms. The Balaban J connectivity index is 1.40. The van der Waals surface area contributed by atoms with Gasteiger partial charge in [0.2, 0.25) is 0 Å². The molecule has 0 amide bonds. The van der Waals surface area contributed by atoms with Crippen molar-refractivity contribution in [2.75, 3.05) is 5.75 Å². The zero-order valence-corrected chi connectivity index (χ0v) is 15.1. The van der Waals surface area contributed by atoms with Crippen LogP contribution in [-0.2, 0) is 16.1 Å². The van der Waals surface area contributed by atoms with E-state index in [2.05, 4.69) is 17.1 Å². The minimum atomic E-state index is -0.238. The van der Waals surface area contributed by atoms with Crippen molar-refractivity contribution in [1.29, 1.82) is 5.26 Å². The maximum Gasteiger partial charge on any atom is 0.306 e. The number of benzene rings is 2. The molecule has 0 radical (unpaired) electrons. The number of fused-ring (bicyclic) bond motifs is 1. The van der Waals surface area contributed by atoms with Gasteiger partial charge in [0.25, 0.3) is 0 Å². The number of hydrogen-bond donors (Lipinski definition) is 0. The molecule has 2 aromatic carbocycles. The first-order valence-corrected chi connectivity index (χ1v) is 9.68. The second kappa shape index (κ2) is 8.65. The standard InChI is InChI=1S/C19H16N2O2S2/c20-12-14-6-1-2-7-15(14)13-23-18(22)10-5-11-24-19-21-16-8-3-4-9-17(16)25-19/h1-4,6-9H,5,10-11,13H2. The van der Waals surface area contributed by atoms with E-state index in [4.69, 9.17) is 10.00 Å². The van der Waals surface area contributed by atoms with E-state index >= 15 is 0 Å². The second-order valence-corrected chi connectivity index (χ2v) is 7.70. The van der Waals surface area contributed by atoms with Crippen molar-refractivity contribution in [3.63, 3.8) is 0 Å². The summed E-state index contributed by atoms with van der Waals surface area (Å²) in [5.74, 6) is 0.585. The predicted octanol–water partition coefficient (Wildman–Crippen LogP) is 4.78. The summed E-state index contributed by atoms with van der Waals surface area (Å²) in [5, 5.41) is 9.02. The van der Waals surface area contributed by atoms with E-state index in [0.717, 1.165) is 27.6 Å². The highest BCUT2D eigenvalue weighted by molar-refractivity contribution is 8.01. The van der Waals surface area contributed by atoms with E-state index in [1.165, 1.54) is 4.70 Å². The van der Waals surface area contributed by atoms with Crippen LogP contribution in [0.2, 0.25) is 0 Å². The molecule has 0 unspecified atom stereocenters. The van der Waals surface area contributed by atoms with Crippen molar-refractivity contribution >= 4 is 39.3 Å². The third-order valence-corrected chi connectivity index (χ3v) is 5.82. The third kappa shape index (κ3) is 4.81. The Hall–Kier alpha value is -2.36. The van der Waals surface area contributed by atoms with Crippen LogP contribution in [0.15, 0.2) is 52.9 Å². The zero-order valence-electron chi connectivity index (χ0n) is 13.5. The van der Waals surface area contributed by atoms with E-state index < -0.39 is 0 Å². The van der Waals surface area contributed by atoms with E-state index in [1.807, 2.05) is 24.3 Å². The lowest BCUT2D eigenvalue weighted by atomic mass is 10.1. The summed E-state index contributed by atoms with van der Waals surface area (Å²) in [6, 6.07) is 17.3. The fourth-order valence-electron chi connectivity index (χ4n) is 2.27. The molecule has 3 rings (SSSR count). The topological polar surface area (TPSA) is 63.0 Å². The number of para-hydroxylation sites is 1. The van der Waals surface area contributed by atoms with Gasteiger partial charge in [-0.25, -0.2) is 4.98 Å². The van der Waals surface area contributed by atoms with Crippen LogP contribution in [0.1, 0.15) is 24.0 Å². The van der Waals surface area contributed by atoms with Crippen molar-refractivity contribution in [3.05, 3.63) is 59.7 Å². The Morgan fingerprint density at radius 2 is 2.00 bits per heavy atom. The van der Waals surface area contributed by atoms with Crippen LogP contribution < -0.4 is 0 Å². The van der Waals surface area contributed by atoms with Crippen LogP contribution in [0.5, 0.6) is 0 Å². The van der Waals surface area contributed by atoms with Crippen molar-refractivity contribution in [3.8, 4) is 6.07 Å². The van der Waals surface area contributed by atoms with Crippen LogP contribution in [-0.4, -0.2) is 16.7 Å². The second-order valence-electron chi connectivity index (χ2n) is 5.33. The van der Waals surface area contributed by atoms with E-state index in [1.54, 1.807) is 41.3 Å². The SMILES string of the molecule is N#Cc1ccccc1COC(=O)CCCSc1nc2ccccc2s1. The summed E-state index contributed by atoms with van der Waals surface area (Å²) in [6.07, 6.45) is 1.10. The molecule has 0 fully saturated rings.